The Bertz CT molecular complexity index is 914. The SMILES string of the molecule is CCc1ccc(-c2nn(-c3ccccc3C)cc2C(=O)NCCCO)cc1. The molecule has 1 heterocycles. The van der Waals surface area contributed by atoms with Crippen molar-refractivity contribution in [2.45, 2.75) is 26.7 Å². The van der Waals surface area contributed by atoms with Crippen LogP contribution >= 0.6 is 0 Å². The molecule has 5 heteroatoms. The van der Waals surface area contributed by atoms with E-state index in [1.54, 1.807) is 10.9 Å². The molecule has 3 rings (SSSR count). The van der Waals surface area contributed by atoms with Crippen molar-refractivity contribution in [2.75, 3.05) is 13.2 Å². The molecule has 3 aromatic rings. The van der Waals surface area contributed by atoms with Gasteiger partial charge in [-0.3, -0.25) is 4.79 Å². The van der Waals surface area contributed by atoms with Crippen LogP contribution in [0.3, 0.4) is 0 Å². The fourth-order valence-corrected chi connectivity index (χ4v) is 2.97. The van der Waals surface area contributed by atoms with E-state index in [1.165, 1.54) is 5.56 Å². The van der Waals surface area contributed by atoms with Gasteiger partial charge in [0.05, 0.1) is 11.3 Å². The van der Waals surface area contributed by atoms with Crippen LogP contribution in [-0.2, 0) is 6.42 Å². The molecule has 0 atom stereocenters. The van der Waals surface area contributed by atoms with E-state index in [1.807, 2.05) is 43.3 Å². The number of carbonyl (C=O) groups is 1. The number of aromatic nitrogens is 2. The molecule has 0 aliphatic carbocycles. The number of hydrogen-bond acceptors (Lipinski definition) is 3. The van der Waals surface area contributed by atoms with Gasteiger partial charge in [-0.1, -0.05) is 49.4 Å². The number of nitrogens with one attached hydrogen (secondary N) is 1. The van der Waals surface area contributed by atoms with Gasteiger partial charge in [-0.25, -0.2) is 4.68 Å². The predicted molar refractivity (Wildman–Crippen MR) is 107 cm³/mol. The van der Waals surface area contributed by atoms with E-state index >= 15 is 0 Å². The van der Waals surface area contributed by atoms with Gasteiger partial charge in [0.2, 0.25) is 0 Å². The second-order valence-electron chi connectivity index (χ2n) is 6.51. The maximum atomic E-state index is 12.7. The van der Waals surface area contributed by atoms with Crippen molar-refractivity contribution in [1.82, 2.24) is 15.1 Å². The summed E-state index contributed by atoms with van der Waals surface area (Å²) in [7, 11) is 0. The Morgan fingerprint density at radius 3 is 2.56 bits per heavy atom. The van der Waals surface area contributed by atoms with Gasteiger partial charge in [0, 0.05) is 24.9 Å². The maximum absolute atomic E-state index is 12.7. The summed E-state index contributed by atoms with van der Waals surface area (Å²) in [5, 5.41) is 16.5. The second kappa shape index (κ2) is 8.64. The molecule has 0 radical (unpaired) electrons. The molecule has 0 bridgehead atoms. The van der Waals surface area contributed by atoms with Gasteiger partial charge in [-0.15, -0.1) is 0 Å². The Morgan fingerprint density at radius 2 is 1.89 bits per heavy atom. The fourth-order valence-electron chi connectivity index (χ4n) is 2.97. The van der Waals surface area contributed by atoms with Gasteiger partial charge in [-0.2, -0.15) is 5.10 Å². The first-order valence-corrected chi connectivity index (χ1v) is 9.28. The summed E-state index contributed by atoms with van der Waals surface area (Å²) in [4.78, 5) is 12.7. The molecule has 2 N–H and O–H groups in total. The Balaban J connectivity index is 2.03. The Kier molecular flexibility index (Phi) is 6.04. The number of aryl methyl sites for hydroxylation is 2. The van der Waals surface area contributed by atoms with Crippen molar-refractivity contribution in [3.05, 3.63) is 71.4 Å². The smallest absolute Gasteiger partial charge is 0.255 e. The highest BCUT2D eigenvalue weighted by molar-refractivity contribution is 5.99. The van der Waals surface area contributed by atoms with Gasteiger partial charge in [0.15, 0.2) is 0 Å². The molecule has 5 nitrogen and oxygen atoms in total. The van der Waals surface area contributed by atoms with Crippen LogP contribution in [0.2, 0.25) is 0 Å². The van der Waals surface area contributed by atoms with Crippen LogP contribution in [0.4, 0.5) is 0 Å². The fraction of sp³-hybridized carbons (Fsp3) is 0.273. The lowest BCUT2D eigenvalue weighted by Gasteiger charge is -2.05. The molecule has 140 valence electrons. The van der Waals surface area contributed by atoms with E-state index in [2.05, 4.69) is 24.4 Å². The third-order valence-corrected chi connectivity index (χ3v) is 4.58. The van der Waals surface area contributed by atoms with Crippen molar-refractivity contribution in [3.8, 4) is 16.9 Å². The molecule has 0 aliphatic rings. The summed E-state index contributed by atoms with van der Waals surface area (Å²) < 4.78 is 1.76. The molecule has 0 unspecified atom stereocenters. The average molecular weight is 363 g/mol. The third kappa shape index (κ3) is 4.26. The molecule has 27 heavy (non-hydrogen) atoms. The molecule has 1 amide bonds. The molecular weight excluding hydrogens is 338 g/mol. The molecule has 0 saturated carbocycles. The van der Waals surface area contributed by atoms with Gasteiger partial charge >= 0.3 is 0 Å². The minimum atomic E-state index is -0.183. The molecule has 0 saturated heterocycles. The van der Waals surface area contributed by atoms with Gasteiger partial charge in [0.25, 0.3) is 5.91 Å². The van der Waals surface area contributed by atoms with Gasteiger partial charge in [0.1, 0.15) is 5.69 Å². The van der Waals surface area contributed by atoms with Crippen LogP contribution in [-0.4, -0.2) is 33.9 Å². The van der Waals surface area contributed by atoms with Crippen molar-refractivity contribution in [1.29, 1.82) is 0 Å². The highest BCUT2D eigenvalue weighted by Crippen LogP contribution is 2.25. The number of rotatable bonds is 7. The third-order valence-electron chi connectivity index (χ3n) is 4.58. The summed E-state index contributed by atoms with van der Waals surface area (Å²) in [5.74, 6) is -0.183. The minimum absolute atomic E-state index is 0.0497. The Morgan fingerprint density at radius 1 is 1.15 bits per heavy atom. The lowest BCUT2D eigenvalue weighted by molar-refractivity contribution is 0.0952. The zero-order valence-electron chi connectivity index (χ0n) is 15.8. The zero-order chi connectivity index (χ0) is 19.2. The van der Waals surface area contributed by atoms with Crippen LogP contribution in [0.15, 0.2) is 54.7 Å². The number of amides is 1. The number of para-hydroxylation sites is 1. The topological polar surface area (TPSA) is 67.2 Å². The van der Waals surface area contributed by atoms with Gasteiger partial charge < -0.3 is 10.4 Å². The molecule has 0 aliphatic heterocycles. The molecule has 1 aromatic heterocycles. The average Bonchev–Trinajstić information content (AvgIpc) is 3.14. The quantitative estimate of drug-likeness (QED) is 0.631. The largest absolute Gasteiger partial charge is 0.396 e. The maximum Gasteiger partial charge on any atom is 0.255 e. The summed E-state index contributed by atoms with van der Waals surface area (Å²) in [5.41, 5.74) is 5.36. The summed E-state index contributed by atoms with van der Waals surface area (Å²) >= 11 is 0. The predicted octanol–water partition coefficient (Wildman–Crippen LogP) is 3.52. The van der Waals surface area contributed by atoms with Gasteiger partial charge in [-0.05, 0) is 37.0 Å². The lowest BCUT2D eigenvalue weighted by atomic mass is 10.0. The molecule has 2 aromatic carbocycles. The van der Waals surface area contributed by atoms with Crippen LogP contribution in [0.1, 0.15) is 34.8 Å². The van der Waals surface area contributed by atoms with E-state index < -0.39 is 0 Å². The van der Waals surface area contributed by atoms with Crippen LogP contribution < -0.4 is 5.32 Å². The number of aliphatic hydroxyl groups excluding tert-OH is 1. The molecular formula is C22H25N3O2. The number of hydrogen-bond donors (Lipinski definition) is 2. The summed E-state index contributed by atoms with van der Waals surface area (Å²) in [6, 6.07) is 16.1. The van der Waals surface area contributed by atoms with Crippen molar-refractivity contribution >= 4 is 5.91 Å². The highest BCUT2D eigenvalue weighted by Gasteiger charge is 2.19. The normalized spacial score (nSPS) is 10.8. The van der Waals surface area contributed by atoms with E-state index in [9.17, 15) is 4.79 Å². The van der Waals surface area contributed by atoms with Crippen LogP contribution in [0.5, 0.6) is 0 Å². The van der Waals surface area contributed by atoms with Crippen molar-refractivity contribution < 1.29 is 9.90 Å². The summed E-state index contributed by atoms with van der Waals surface area (Å²) in [6.07, 6.45) is 3.27. The van der Waals surface area contributed by atoms with Crippen molar-refractivity contribution in [2.24, 2.45) is 0 Å². The molecule has 0 fully saturated rings. The Hall–Kier alpha value is -2.92. The number of benzene rings is 2. The number of nitrogens with zero attached hydrogens (tertiary/aromatic N) is 2. The zero-order valence-corrected chi connectivity index (χ0v) is 15.8. The monoisotopic (exact) mass is 363 g/mol. The van der Waals surface area contributed by atoms with E-state index in [0.29, 0.717) is 24.2 Å². The first kappa shape index (κ1) is 18.9. The Labute approximate surface area is 159 Å². The second-order valence-corrected chi connectivity index (χ2v) is 6.51. The minimum Gasteiger partial charge on any atom is -0.396 e. The van der Waals surface area contributed by atoms with E-state index in [-0.39, 0.29) is 12.5 Å². The molecule has 0 spiro atoms. The summed E-state index contributed by atoms with van der Waals surface area (Å²) in [6.45, 7) is 4.61. The first-order chi connectivity index (χ1) is 13.1. The van der Waals surface area contributed by atoms with E-state index in [0.717, 1.165) is 23.2 Å². The van der Waals surface area contributed by atoms with Crippen LogP contribution in [0.25, 0.3) is 16.9 Å². The van der Waals surface area contributed by atoms with Crippen LogP contribution in [0, 0.1) is 6.92 Å². The highest BCUT2D eigenvalue weighted by atomic mass is 16.3. The number of aliphatic hydroxyl groups is 1. The standard InChI is InChI=1S/C22H25N3O2/c1-3-17-9-11-18(12-10-17)21-19(22(27)23-13-6-14-26)15-25(24-21)20-8-5-4-7-16(20)2/h4-5,7-12,15,26H,3,6,13-14H2,1-2H3,(H,23,27). The lowest BCUT2D eigenvalue weighted by Crippen LogP contribution is -2.25. The van der Waals surface area contributed by atoms with E-state index in [4.69, 9.17) is 10.2 Å². The van der Waals surface area contributed by atoms with Crippen molar-refractivity contribution in [3.63, 3.8) is 0 Å². The first-order valence-electron chi connectivity index (χ1n) is 9.28. The number of carbonyl (C=O) groups excluding carboxylic acids is 1.